The highest BCUT2D eigenvalue weighted by Crippen LogP contribution is 2.23. The standard InChI is InChI=1S/C14H11FN2O2/c1-8-7-12(18)19-14-13(8)9(2)16-17(14)11-5-3-10(15)4-6-11/h3-7H,1-2H3. The molecule has 0 aliphatic carbocycles. The van der Waals surface area contributed by atoms with Crippen LogP contribution in [0.5, 0.6) is 0 Å². The van der Waals surface area contributed by atoms with Gasteiger partial charge >= 0.3 is 5.63 Å². The number of rotatable bonds is 1. The summed E-state index contributed by atoms with van der Waals surface area (Å²) in [5, 5.41) is 5.16. The molecule has 0 aliphatic rings. The molecule has 3 rings (SSSR count). The summed E-state index contributed by atoms with van der Waals surface area (Å²) >= 11 is 0. The van der Waals surface area contributed by atoms with E-state index in [-0.39, 0.29) is 5.82 Å². The Morgan fingerprint density at radius 2 is 1.89 bits per heavy atom. The Balaban J connectivity index is 2.36. The molecule has 0 radical (unpaired) electrons. The van der Waals surface area contributed by atoms with Gasteiger partial charge in [-0.15, -0.1) is 0 Å². The fourth-order valence-corrected chi connectivity index (χ4v) is 2.19. The second-order valence-electron chi connectivity index (χ2n) is 4.40. The van der Waals surface area contributed by atoms with E-state index < -0.39 is 5.63 Å². The molecule has 96 valence electrons. The van der Waals surface area contributed by atoms with Gasteiger partial charge in [-0.1, -0.05) is 0 Å². The molecule has 0 saturated carbocycles. The molecule has 3 aromatic rings. The highest BCUT2D eigenvalue weighted by Gasteiger charge is 2.14. The van der Waals surface area contributed by atoms with E-state index in [0.29, 0.717) is 11.4 Å². The van der Waals surface area contributed by atoms with Gasteiger partial charge in [-0.05, 0) is 43.7 Å². The Hall–Kier alpha value is -2.43. The fraction of sp³-hybridized carbons (Fsp3) is 0.143. The van der Waals surface area contributed by atoms with Crippen LogP contribution in [0, 0.1) is 19.7 Å². The zero-order valence-electron chi connectivity index (χ0n) is 10.5. The van der Waals surface area contributed by atoms with E-state index in [1.54, 1.807) is 12.1 Å². The number of benzene rings is 1. The number of hydrogen-bond acceptors (Lipinski definition) is 3. The first kappa shape index (κ1) is 11.6. The van der Waals surface area contributed by atoms with E-state index in [1.165, 1.54) is 22.9 Å². The van der Waals surface area contributed by atoms with Gasteiger partial charge in [0.15, 0.2) is 0 Å². The minimum Gasteiger partial charge on any atom is -0.403 e. The molecule has 0 atom stereocenters. The number of aryl methyl sites for hydroxylation is 2. The van der Waals surface area contributed by atoms with Crippen LogP contribution in [0.25, 0.3) is 16.8 Å². The maximum atomic E-state index is 12.9. The van der Waals surface area contributed by atoms with Crippen molar-refractivity contribution in [2.75, 3.05) is 0 Å². The highest BCUT2D eigenvalue weighted by molar-refractivity contribution is 5.81. The SMILES string of the molecule is Cc1cc(=O)oc2c1c(C)nn2-c1ccc(F)cc1. The summed E-state index contributed by atoms with van der Waals surface area (Å²) in [5.74, 6) is -0.324. The fourth-order valence-electron chi connectivity index (χ4n) is 2.19. The molecular formula is C14H11FN2O2. The van der Waals surface area contributed by atoms with Gasteiger partial charge in [0.25, 0.3) is 0 Å². The zero-order chi connectivity index (χ0) is 13.6. The van der Waals surface area contributed by atoms with Crippen molar-refractivity contribution in [2.45, 2.75) is 13.8 Å². The first-order chi connectivity index (χ1) is 9.06. The molecule has 0 N–H and O–H groups in total. The van der Waals surface area contributed by atoms with E-state index in [2.05, 4.69) is 5.10 Å². The molecule has 0 amide bonds. The van der Waals surface area contributed by atoms with Crippen LogP contribution in [0.15, 0.2) is 39.5 Å². The molecule has 2 aromatic heterocycles. The Labute approximate surface area is 108 Å². The van der Waals surface area contributed by atoms with Crippen LogP contribution in [-0.4, -0.2) is 9.78 Å². The third-order valence-electron chi connectivity index (χ3n) is 3.02. The Bertz CT molecular complexity index is 816. The summed E-state index contributed by atoms with van der Waals surface area (Å²) in [6.45, 7) is 3.68. The lowest BCUT2D eigenvalue weighted by Gasteiger charge is -2.02. The summed E-state index contributed by atoms with van der Waals surface area (Å²) in [4.78, 5) is 11.5. The van der Waals surface area contributed by atoms with Crippen LogP contribution in [0.4, 0.5) is 4.39 Å². The van der Waals surface area contributed by atoms with E-state index >= 15 is 0 Å². The molecule has 0 bridgehead atoms. The predicted octanol–water partition coefficient (Wildman–Crippen LogP) is 2.73. The van der Waals surface area contributed by atoms with E-state index in [0.717, 1.165) is 16.6 Å². The third kappa shape index (κ3) is 1.83. The van der Waals surface area contributed by atoms with Crippen molar-refractivity contribution in [3.05, 3.63) is 57.8 Å². The number of fused-ring (bicyclic) bond motifs is 1. The molecule has 2 heterocycles. The molecule has 4 nitrogen and oxygen atoms in total. The van der Waals surface area contributed by atoms with Crippen LogP contribution < -0.4 is 5.63 Å². The predicted molar refractivity (Wildman–Crippen MR) is 69.0 cm³/mol. The number of halogens is 1. The van der Waals surface area contributed by atoms with Gasteiger partial charge in [0, 0.05) is 6.07 Å². The van der Waals surface area contributed by atoms with Gasteiger partial charge in [-0.25, -0.2) is 9.18 Å². The second-order valence-corrected chi connectivity index (χ2v) is 4.40. The number of aromatic nitrogens is 2. The topological polar surface area (TPSA) is 48.0 Å². The Morgan fingerprint density at radius 1 is 1.21 bits per heavy atom. The van der Waals surface area contributed by atoms with Crippen molar-refractivity contribution in [3.63, 3.8) is 0 Å². The highest BCUT2D eigenvalue weighted by atomic mass is 19.1. The summed E-state index contributed by atoms with van der Waals surface area (Å²) < 4.78 is 19.7. The van der Waals surface area contributed by atoms with Crippen molar-refractivity contribution in [1.29, 1.82) is 0 Å². The van der Waals surface area contributed by atoms with Crippen LogP contribution in [-0.2, 0) is 0 Å². The molecule has 0 fully saturated rings. The second kappa shape index (κ2) is 4.05. The van der Waals surface area contributed by atoms with Gasteiger partial charge in [0.1, 0.15) is 5.82 Å². The third-order valence-corrected chi connectivity index (χ3v) is 3.02. The van der Waals surface area contributed by atoms with Crippen molar-refractivity contribution in [3.8, 4) is 5.69 Å². The molecule has 19 heavy (non-hydrogen) atoms. The minimum atomic E-state index is -0.423. The van der Waals surface area contributed by atoms with Crippen LogP contribution in [0.3, 0.4) is 0 Å². The van der Waals surface area contributed by atoms with Crippen LogP contribution in [0.1, 0.15) is 11.3 Å². The summed E-state index contributed by atoms with van der Waals surface area (Å²) in [7, 11) is 0. The first-order valence-electron chi connectivity index (χ1n) is 5.82. The number of nitrogens with zero attached hydrogens (tertiary/aromatic N) is 2. The maximum Gasteiger partial charge on any atom is 0.337 e. The van der Waals surface area contributed by atoms with Crippen LogP contribution in [0.2, 0.25) is 0 Å². The zero-order valence-corrected chi connectivity index (χ0v) is 10.5. The monoisotopic (exact) mass is 258 g/mol. The largest absolute Gasteiger partial charge is 0.403 e. The minimum absolute atomic E-state index is 0.324. The van der Waals surface area contributed by atoms with Gasteiger partial charge in [-0.3, -0.25) is 0 Å². The molecule has 5 heteroatoms. The van der Waals surface area contributed by atoms with Crippen LogP contribution >= 0.6 is 0 Å². The average molecular weight is 258 g/mol. The Kier molecular flexibility index (Phi) is 2.48. The first-order valence-corrected chi connectivity index (χ1v) is 5.82. The Morgan fingerprint density at radius 3 is 2.58 bits per heavy atom. The van der Waals surface area contributed by atoms with Crippen molar-refractivity contribution in [2.24, 2.45) is 0 Å². The van der Waals surface area contributed by atoms with E-state index in [1.807, 2.05) is 13.8 Å². The molecule has 0 saturated heterocycles. The van der Waals surface area contributed by atoms with E-state index in [9.17, 15) is 9.18 Å². The summed E-state index contributed by atoms with van der Waals surface area (Å²) in [6.07, 6.45) is 0. The van der Waals surface area contributed by atoms with Gasteiger partial charge in [0.05, 0.1) is 16.8 Å². The van der Waals surface area contributed by atoms with Gasteiger partial charge in [-0.2, -0.15) is 9.78 Å². The maximum absolute atomic E-state index is 12.9. The lowest BCUT2D eigenvalue weighted by molar-refractivity contribution is 0.534. The van der Waals surface area contributed by atoms with Gasteiger partial charge in [0.2, 0.25) is 5.71 Å². The van der Waals surface area contributed by atoms with Gasteiger partial charge < -0.3 is 4.42 Å². The van der Waals surface area contributed by atoms with Crippen molar-refractivity contribution in [1.82, 2.24) is 9.78 Å². The van der Waals surface area contributed by atoms with Crippen molar-refractivity contribution < 1.29 is 8.81 Å². The summed E-state index contributed by atoms with van der Waals surface area (Å²) in [6, 6.07) is 7.29. The average Bonchev–Trinajstić information content (AvgIpc) is 2.67. The molecule has 1 aromatic carbocycles. The smallest absolute Gasteiger partial charge is 0.337 e. The normalized spacial score (nSPS) is 11.1. The molecule has 0 unspecified atom stereocenters. The lowest BCUT2D eigenvalue weighted by Crippen LogP contribution is -2.01. The molecule has 0 aliphatic heterocycles. The lowest BCUT2D eigenvalue weighted by atomic mass is 10.2. The molecular weight excluding hydrogens is 247 g/mol. The van der Waals surface area contributed by atoms with Crippen molar-refractivity contribution >= 4 is 11.1 Å². The number of hydrogen-bond donors (Lipinski definition) is 0. The van der Waals surface area contributed by atoms with E-state index in [4.69, 9.17) is 4.42 Å². The summed E-state index contributed by atoms with van der Waals surface area (Å²) in [5.41, 5.74) is 2.19. The quantitative estimate of drug-likeness (QED) is 0.674. The molecule has 0 spiro atoms.